The van der Waals surface area contributed by atoms with Gasteiger partial charge in [-0.1, -0.05) is 37.3 Å². The predicted octanol–water partition coefficient (Wildman–Crippen LogP) is 5.43. The van der Waals surface area contributed by atoms with Crippen LogP contribution in [0.15, 0.2) is 53.9 Å². The molecule has 0 atom stereocenters. The lowest BCUT2D eigenvalue weighted by Crippen LogP contribution is -2.07. The summed E-state index contributed by atoms with van der Waals surface area (Å²) in [5, 5.41) is 5.32. The molecule has 6 heteroatoms. The molecule has 0 spiro atoms. The molecule has 0 radical (unpaired) electrons. The summed E-state index contributed by atoms with van der Waals surface area (Å²) in [7, 11) is 1.59. The smallest absolute Gasteiger partial charge is 0.250 e. The molecule has 0 saturated heterocycles. The quantitative estimate of drug-likeness (QED) is 0.505. The second kappa shape index (κ2) is 9.89. The average Bonchev–Trinajstić information content (AvgIpc) is 3.21. The van der Waals surface area contributed by atoms with E-state index in [1.54, 1.807) is 13.2 Å². The van der Waals surface area contributed by atoms with Gasteiger partial charge in [0.2, 0.25) is 5.91 Å². The van der Waals surface area contributed by atoms with Crippen molar-refractivity contribution in [1.29, 1.82) is 0 Å². The van der Waals surface area contributed by atoms with Crippen LogP contribution < -0.4 is 14.8 Å². The average molecular weight is 409 g/mol. The minimum atomic E-state index is -0.236. The third-order valence-electron chi connectivity index (χ3n) is 4.31. The number of hydrogen-bond acceptors (Lipinski definition) is 5. The standard InChI is InChI=1S/C23H24N2O3S/c1-4-16-6-10-18(11-7-16)19-15-29-23(24-19)25-22(26)13-9-17-8-12-20(28-5-2)21(14-17)27-3/h6-15H,4-5H2,1-3H3,(H,24,25,26)/b13-9+. The minimum absolute atomic E-state index is 0.236. The molecule has 1 aromatic heterocycles. The normalized spacial score (nSPS) is 10.9. The summed E-state index contributed by atoms with van der Waals surface area (Å²) in [5.41, 5.74) is 4.02. The highest BCUT2D eigenvalue weighted by Crippen LogP contribution is 2.29. The Labute approximate surface area is 175 Å². The van der Waals surface area contributed by atoms with Crippen LogP contribution in [-0.2, 0) is 11.2 Å². The highest BCUT2D eigenvalue weighted by Gasteiger charge is 2.07. The summed E-state index contributed by atoms with van der Waals surface area (Å²) < 4.78 is 10.8. The summed E-state index contributed by atoms with van der Waals surface area (Å²) in [4.78, 5) is 16.8. The third-order valence-corrected chi connectivity index (χ3v) is 5.06. The van der Waals surface area contributed by atoms with Crippen molar-refractivity contribution in [3.63, 3.8) is 0 Å². The van der Waals surface area contributed by atoms with Crippen molar-refractivity contribution in [1.82, 2.24) is 4.98 Å². The van der Waals surface area contributed by atoms with Crippen molar-refractivity contribution in [3.05, 3.63) is 65.0 Å². The number of anilines is 1. The summed E-state index contributed by atoms with van der Waals surface area (Å²) in [5.74, 6) is 1.08. The molecule has 2 aromatic carbocycles. The number of aryl methyl sites for hydroxylation is 1. The molecular weight excluding hydrogens is 384 g/mol. The zero-order valence-electron chi connectivity index (χ0n) is 16.8. The fourth-order valence-electron chi connectivity index (χ4n) is 2.76. The molecule has 3 aromatic rings. The first kappa shape index (κ1) is 20.6. The van der Waals surface area contributed by atoms with E-state index in [0.717, 1.165) is 23.2 Å². The topological polar surface area (TPSA) is 60.5 Å². The summed E-state index contributed by atoms with van der Waals surface area (Å²) in [6.07, 6.45) is 4.21. The van der Waals surface area contributed by atoms with Crippen molar-refractivity contribution in [3.8, 4) is 22.8 Å². The highest BCUT2D eigenvalue weighted by atomic mass is 32.1. The van der Waals surface area contributed by atoms with Crippen LogP contribution >= 0.6 is 11.3 Å². The Balaban J connectivity index is 1.64. The lowest BCUT2D eigenvalue weighted by atomic mass is 10.1. The monoisotopic (exact) mass is 408 g/mol. The van der Waals surface area contributed by atoms with E-state index in [0.29, 0.717) is 23.2 Å². The molecule has 1 amide bonds. The minimum Gasteiger partial charge on any atom is -0.493 e. The lowest BCUT2D eigenvalue weighted by Gasteiger charge is -2.09. The number of nitrogens with zero attached hydrogens (tertiary/aromatic N) is 1. The van der Waals surface area contributed by atoms with E-state index in [2.05, 4.69) is 41.5 Å². The lowest BCUT2D eigenvalue weighted by molar-refractivity contribution is -0.111. The largest absolute Gasteiger partial charge is 0.493 e. The van der Waals surface area contributed by atoms with E-state index in [9.17, 15) is 4.79 Å². The fraction of sp³-hybridized carbons (Fsp3) is 0.217. The number of amides is 1. The van der Waals surface area contributed by atoms with Crippen molar-refractivity contribution in [2.45, 2.75) is 20.3 Å². The number of benzene rings is 2. The first-order chi connectivity index (χ1) is 14.1. The predicted molar refractivity (Wildman–Crippen MR) is 119 cm³/mol. The molecule has 3 rings (SSSR count). The second-order valence-corrected chi connectivity index (χ2v) is 7.11. The van der Waals surface area contributed by atoms with Gasteiger partial charge in [0.15, 0.2) is 16.6 Å². The number of carbonyl (C=O) groups is 1. The molecule has 0 aliphatic carbocycles. The Bertz CT molecular complexity index is 994. The van der Waals surface area contributed by atoms with Gasteiger partial charge in [-0.2, -0.15) is 0 Å². The van der Waals surface area contributed by atoms with Crippen LogP contribution in [0.3, 0.4) is 0 Å². The van der Waals surface area contributed by atoms with Crippen LogP contribution in [0.5, 0.6) is 11.5 Å². The number of carbonyl (C=O) groups excluding carboxylic acids is 1. The maximum absolute atomic E-state index is 12.3. The molecule has 1 N–H and O–H groups in total. The summed E-state index contributed by atoms with van der Waals surface area (Å²) in [6, 6.07) is 13.8. The molecule has 29 heavy (non-hydrogen) atoms. The van der Waals surface area contributed by atoms with Gasteiger partial charge in [-0.05, 0) is 42.7 Å². The summed E-state index contributed by atoms with van der Waals surface area (Å²) >= 11 is 1.40. The number of hydrogen-bond donors (Lipinski definition) is 1. The Morgan fingerprint density at radius 2 is 1.93 bits per heavy atom. The van der Waals surface area contributed by atoms with Crippen LogP contribution in [0.2, 0.25) is 0 Å². The maximum atomic E-state index is 12.3. The maximum Gasteiger partial charge on any atom is 0.250 e. The molecule has 0 unspecified atom stereocenters. The van der Waals surface area contributed by atoms with Crippen molar-refractivity contribution >= 4 is 28.5 Å². The fourth-order valence-corrected chi connectivity index (χ4v) is 3.48. The van der Waals surface area contributed by atoms with E-state index in [1.165, 1.54) is 23.0 Å². The zero-order valence-corrected chi connectivity index (χ0v) is 17.6. The van der Waals surface area contributed by atoms with Gasteiger partial charge in [0.1, 0.15) is 0 Å². The van der Waals surface area contributed by atoms with Crippen molar-refractivity contribution < 1.29 is 14.3 Å². The molecule has 0 aliphatic heterocycles. The number of nitrogens with one attached hydrogen (secondary N) is 1. The first-order valence-corrected chi connectivity index (χ1v) is 10.4. The van der Waals surface area contributed by atoms with Gasteiger partial charge in [0.05, 0.1) is 19.4 Å². The molecule has 0 fully saturated rings. The Hall–Kier alpha value is -3.12. The van der Waals surface area contributed by atoms with E-state index in [4.69, 9.17) is 9.47 Å². The number of methoxy groups -OCH3 is 1. The number of aromatic nitrogens is 1. The Morgan fingerprint density at radius 1 is 1.14 bits per heavy atom. The molecule has 0 bridgehead atoms. The molecule has 0 saturated carbocycles. The SMILES string of the molecule is CCOc1ccc(/C=C/C(=O)Nc2nc(-c3ccc(CC)cc3)cs2)cc1OC. The molecule has 1 heterocycles. The molecular formula is C23H24N2O3S. The van der Waals surface area contributed by atoms with Gasteiger partial charge in [0, 0.05) is 17.0 Å². The van der Waals surface area contributed by atoms with Crippen molar-refractivity contribution in [2.75, 3.05) is 19.0 Å². The van der Waals surface area contributed by atoms with Gasteiger partial charge in [-0.25, -0.2) is 4.98 Å². The number of ether oxygens (including phenoxy) is 2. The zero-order chi connectivity index (χ0) is 20.6. The van der Waals surface area contributed by atoms with E-state index < -0.39 is 0 Å². The third kappa shape index (κ3) is 5.45. The van der Waals surface area contributed by atoms with Crippen LogP contribution in [0.1, 0.15) is 25.0 Å². The van der Waals surface area contributed by atoms with Crippen LogP contribution in [0, 0.1) is 0 Å². The Morgan fingerprint density at radius 3 is 2.62 bits per heavy atom. The second-order valence-electron chi connectivity index (χ2n) is 6.25. The van der Waals surface area contributed by atoms with Crippen LogP contribution in [0.25, 0.3) is 17.3 Å². The Kier molecular flexibility index (Phi) is 7.03. The van der Waals surface area contributed by atoms with E-state index in [-0.39, 0.29) is 5.91 Å². The summed E-state index contributed by atoms with van der Waals surface area (Å²) in [6.45, 7) is 4.61. The number of thiazole rings is 1. The first-order valence-electron chi connectivity index (χ1n) is 9.47. The molecule has 5 nitrogen and oxygen atoms in total. The molecule has 150 valence electrons. The number of rotatable bonds is 8. The van der Waals surface area contributed by atoms with Crippen LogP contribution in [-0.4, -0.2) is 24.6 Å². The highest BCUT2D eigenvalue weighted by molar-refractivity contribution is 7.14. The van der Waals surface area contributed by atoms with Crippen LogP contribution in [0.4, 0.5) is 5.13 Å². The van der Waals surface area contributed by atoms with E-state index in [1.807, 2.05) is 30.5 Å². The molecule has 0 aliphatic rings. The van der Waals surface area contributed by atoms with Gasteiger partial charge in [0.25, 0.3) is 0 Å². The van der Waals surface area contributed by atoms with Gasteiger partial charge in [-0.15, -0.1) is 11.3 Å². The van der Waals surface area contributed by atoms with Gasteiger partial charge in [-0.3, -0.25) is 10.1 Å². The van der Waals surface area contributed by atoms with E-state index >= 15 is 0 Å². The van der Waals surface area contributed by atoms with Crippen molar-refractivity contribution in [2.24, 2.45) is 0 Å². The van der Waals surface area contributed by atoms with Gasteiger partial charge >= 0.3 is 0 Å². The van der Waals surface area contributed by atoms with Gasteiger partial charge < -0.3 is 9.47 Å².